The maximum Gasteiger partial charge on any atom is 0.0624 e. The minimum Gasteiger partial charge on any atom is -0.317 e. The minimum atomic E-state index is 0.244. The van der Waals surface area contributed by atoms with Gasteiger partial charge in [0.25, 0.3) is 0 Å². The Morgan fingerprint density at radius 1 is 1.22 bits per heavy atom. The van der Waals surface area contributed by atoms with E-state index in [-0.39, 0.29) is 5.41 Å². The first-order valence-corrected chi connectivity index (χ1v) is 7.25. The van der Waals surface area contributed by atoms with E-state index < -0.39 is 0 Å². The van der Waals surface area contributed by atoms with Gasteiger partial charge < -0.3 is 5.32 Å². The van der Waals surface area contributed by atoms with E-state index in [2.05, 4.69) is 39.1 Å². The van der Waals surface area contributed by atoms with Gasteiger partial charge in [0, 0.05) is 0 Å². The number of benzene rings is 1. The number of hydrogen-bond donors (Lipinski definition) is 1. The molecule has 3 heteroatoms. The van der Waals surface area contributed by atoms with Crippen molar-refractivity contribution >= 4 is 23.2 Å². The summed E-state index contributed by atoms with van der Waals surface area (Å²) in [5.74, 6) is 0.536. The standard InChI is InChI=1S/C15H23Cl2N/c1-5-18-10-12(15(2,3)4)9-11-7-6-8-13(16)14(11)17/h6-8,12,18H,5,9-10H2,1-4H3. The Morgan fingerprint density at radius 3 is 2.44 bits per heavy atom. The van der Waals surface area contributed by atoms with Crippen LogP contribution in [0.25, 0.3) is 0 Å². The van der Waals surface area contributed by atoms with Crippen LogP contribution in [0.4, 0.5) is 0 Å². The molecule has 1 rings (SSSR count). The molecule has 0 aliphatic carbocycles. The fraction of sp³-hybridized carbons (Fsp3) is 0.600. The molecule has 0 heterocycles. The molecule has 1 N–H and O–H groups in total. The second kappa shape index (κ2) is 6.79. The molecule has 0 radical (unpaired) electrons. The smallest absolute Gasteiger partial charge is 0.0624 e. The third-order valence-corrected chi connectivity index (χ3v) is 4.22. The highest BCUT2D eigenvalue weighted by molar-refractivity contribution is 6.42. The summed E-state index contributed by atoms with van der Waals surface area (Å²) in [5.41, 5.74) is 1.38. The molecule has 0 aromatic heterocycles. The maximum absolute atomic E-state index is 6.27. The molecule has 0 fully saturated rings. The van der Waals surface area contributed by atoms with E-state index in [0.29, 0.717) is 16.0 Å². The van der Waals surface area contributed by atoms with Gasteiger partial charge in [-0.15, -0.1) is 0 Å². The molecule has 0 aliphatic rings. The van der Waals surface area contributed by atoms with E-state index in [1.807, 2.05) is 12.1 Å². The Hall–Kier alpha value is -0.240. The summed E-state index contributed by atoms with van der Waals surface area (Å²) in [4.78, 5) is 0. The van der Waals surface area contributed by atoms with Crippen LogP contribution in [0.15, 0.2) is 18.2 Å². The van der Waals surface area contributed by atoms with Crippen LogP contribution in [-0.2, 0) is 6.42 Å². The lowest BCUT2D eigenvalue weighted by molar-refractivity contribution is 0.232. The van der Waals surface area contributed by atoms with Crippen LogP contribution in [-0.4, -0.2) is 13.1 Å². The molecule has 18 heavy (non-hydrogen) atoms. The summed E-state index contributed by atoms with van der Waals surface area (Å²) in [6, 6.07) is 5.87. The molecule has 0 saturated carbocycles. The van der Waals surface area contributed by atoms with Crippen molar-refractivity contribution in [3.05, 3.63) is 33.8 Å². The summed E-state index contributed by atoms with van der Waals surface area (Å²) in [7, 11) is 0. The number of halogens is 2. The summed E-state index contributed by atoms with van der Waals surface area (Å²) in [6.07, 6.45) is 0.954. The number of rotatable bonds is 5. The Labute approximate surface area is 121 Å². The SMILES string of the molecule is CCNCC(Cc1cccc(Cl)c1Cl)C(C)(C)C. The highest BCUT2D eigenvalue weighted by Gasteiger charge is 2.25. The topological polar surface area (TPSA) is 12.0 Å². The Balaban J connectivity index is 2.86. The van der Waals surface area contributed by atoms with Crippen molar-refractivity contribution in [2.45, 2.75) is 34.1 Å². The van der Waals surface area contributed by atoms with Crippen molar-refractivity contribution in [1.82, 2.24) is 5.32 Å². The third kappa shape index (κ3) is 4.46. The summed E-state index contributed by atoms with van der Waals surface area (Å²) < 4.78 is 0. The molecule has 1 aromatic rings. The molecule has 0 saturated heterocycles. The molecule has 1 aromatic carbocycles. The predicted octanol–water partition coefficient (Wildman–Crippen LogP) is 4.81. The zero-order chi connectivity index (χ0) is 13.8. The van der Waals surface area contributed by atoms with Crippen molar-refractivity contribution in [2.24, 2.45) is 11.3 Å². The lowest BCUT2D eigenvalue weighted by atomic mass is 9.77. The average Bonchev–Trinajstić information content (AvgIpc) is 2.28. The van der Waals surface area contributed by atoms with E-state index >= 15 is 0 Å². The lowest BCUT2D eigenvalue weighted by Crippen LogP contribution is -2.33. The van der Waals surface area contributed by atoms with Crippen LogP contribution in [0.3, 0.4) is 0 Å². The van der Waals surface area contributed by atoms with E-state index in [1.54, 1.807) is 0 Å². The van der Waals surface area contributed by atoms with Crippen LogP contribution >= 0.6 is 23.2 Å². The van der Waals surface area contributed by atoms with Gasteiger partial charge in [-0.1, -0.05) is 63.0 Å². The van der Waals surface area contributed by atoms with Crippen molar-refractivity contribution in [2.75, 3.05) is 13.1 Å². The summed E-state index contributed by atoms with van der Waals surface area (Å²) >= 11 is 12.3. The average molecular weight is 288 g/mol. The first kappa shape index (κ1) is 15.8. The van der Waals surface area contributed by atoms with Gasteiger partial charge >= 0.3 is 0 Å². The van der Waals surface area contributed by atoms with Gasteiger partial charge in [0.15, 0.2) is 0 Å². The van der Waals surface area contributed by atoms with E-state index in [0.717, 1.165) is 25.1 Å². The number of hydrogen-bond acceptors (Lipinski definition) is 1. The van der Waals surface area contributed by atoms with Gasteiger partial charge in [-0.05, 0) is 42.5 Å². The molecule has 0 bridgehead atoms. The van der Waals surface area contributed by atoms with Gasteiger partial charge in [0.05, 0.1) is 10.0 Å². The largest absolute Gasteiger partial charge is 0.317 e. The highest BCUT2D eigenvalue weighted by Crippen LogP contribution is 2.33. The van der Waals surface area contributed by atoms with Gasteiger partial charge in [-0.25, -0.2) is 0 Å². The molecule has 1 atom stereocenters. The van der Waals surface area contributed by atoms with Gasteiger partial charge in [-0.3, -0.25) is 0 Å². The quantitative estimate of drug-likeness (QED) is 0.820. The van der Waals surface area contributed by atoms with Crippen molar-refractivity contribution in [3.63, 3.8) is 0 Å². The lowest BCUT2D eigenvalue weighted by Gasteiger charge is -2.31. The highest BCUT2D eigenvalue weighted by atomic mass is 35.5. The minimum absolute atomic E-state index is 0.244. The molecule has 0 spiro atoms. The molecule has 0 amide bonds. The number of nitrogens with one attached hydrogen (secondary N) is 1. The Kier molecular flexibility index (Phi) is 5.97. The zero-order valence-corrected chi connectivity index (χ0v) is 13.2. The monoisotopic (exact) mass is 287 g/mol. The van der Waals surface area contributed by atoms with Crippen LogP contribution in [0.1, 0.15) is 33.3 Å². The molecule has 1 unspecified atom stereocenters. The van der Waals surface area contributed by atoms with Crippen LogP contribution in [0.5, 0.6) is 0 Å². The van der Waals surface area contributed by atoms with Crippen molar-refractivity contribution in [1.29, 1.82) is 0 Å². The van der Waals surface area contributed by atoms with Crippen LogP contribution in [0.2, 0.25) is 10.0 Å². The molecular weight excluding hydrogens is 265 g/mol. The van der Waals surface area contributed by atoms with Gasteiger partial charge in [-0.2, -0.15) is 0 Å². The first-order valence-electron chi connectivity index (χ1n) is 6.49. The molecule has 102 valence electrons. The van der Waals surface area contributed by atoms with Crippen molar-refractivity contribution < 1.29 is 0 Å². The molecule has 0 aliphatic heterocycles. The molecule has 1 nitrogen and oxygen atoms in total. The van der Waals surface area contributed by atoms with E-state index in [1.165, 1.54) is 0 Å². The second-order valence-electron chi connectivity index (χ2n) is 5.79. The fourth-order valence-corrected chi connectivity index (χ4v) is 2.37. The van der Waals surface area contributed by atoms with E-state index in [4.69, 9.17) is 23.2 Å². The third-order valence-electron chi connectivity index (χ3n) is 3.36. The zero-order valence-electron chi connectivity index (χ0n) is 11.7. The van der Waals surface area contributed by atoms with E-state index in [9.17, 15) is 0 Å². The Morgan fingerprint density at radius 2 is 1.89 bits per heavy atom. The molecular formula is C15H23Cl2N. The maximum atomic E-state index is 6.27. The summed E-state index contributed by atoms with van der Waals surface area (Å²) in [5, 5.41) is 4.78. The second-order valence-corrected chi connectivity index (χ2v) is 6.57. The predicted molar refractivity (Wildman–Crippen MR) is 81.7 cm³/mol. The van der Waals surface area contributed by atoms with Crippen LogP contribution in [0, 0.1) is 11.3 Å². The van der Waals surface area contributed by atoms with Gasteiger partial charge in [0.1, 0.15) is 0 Å². The van der Waals surface area contributed by atoms with Gasteiger partial charge in [0.2, 0.25) is 0 Å². The normalized spacial score (nSPS) is 13.7. The Bertz CT molecular complexity index is 383. The van der Waals surface area contributed by atoms with Crippen molar-refractivity contribution in [3.8, 4) is 0 Å². The van der Waals surface area contributed by atoms with Crippen LogP contribution < -0.4 is 5.32 Å². The summed E-state index contributed by atoms with van der Waals surface area (Å²) in [6.45, 7) is 10.9. The fourth-order valence-electron chi connectivity index (χ4n) is 1.97. The first-order chi connectivity index (χ1) is 8.36.